The number of carbonyl (C=O) groups excluding carboxylic acids is 1. The highest BCUT2D eigenvalue weighted by molar-refractivity contribution is 5.94. The van der Waals surface area contributed by atoms with Crippen LogP contribution in [-0.2, 0) is 0 Å². The van der Waals surface area contributed by atoms with Gasteiger partial charge in [0.15, 0.2) is 0 Å². The Bertz CT molecular complexity index is 500. The number of hydrogen-bond acceptors (Lipinski definition) is 3. The van der Waals surface area contributed by atoms with Gasteiger partial charge < -0.3 is 20.5 Å². The smallest absolute Gasteiger partial charge is 0.339 e. The second-order valence-corrected chi connectivity index (χ2v) is 5.14. The summed E-state index contributed by atoms with van der Waals surface area (Å²) in [7, 11) is 1.39. The Balaban J connectivity index is 2.54. The van der Waals surface area contributed by atoms with E-state index in [0.29, 0.717) is 18.2 Å². The summed E-state index contributed by atoms with van der Waals surface area (Å²) < 4.78 is 5.00. The molecule has 0 aliphatic carbocycles. The third-order valence-electron chi connectivity index (χ3n) is 2.93. The van der Waals surface area contributed by atoms with Crippen molar-refractivity contribution in [3.05, 3.63) is 23.8 Å². The van der Waals surface area contributed by atoms with E-state index in [-0.39, 0.29) is 17.3 Å². The number of carboxylic acid groups (broad SMARTS) is 1. The second kappa shape index (κ2) is 8.14. The molecule has 0 heterocycles. The van der Waals surface area contributed by atoms with Crippen LogP contribution < -0.4 is 15.4 Å². The molecule has 3 N–H and O–H groups in total. The molecule has 0 radical (unpaired) electrons. The number of carbonyl (C=O) groups is 2. The van der Waals surface area contributed by atoms with E-state index in [9.17, 15) is 9.59 Å². The number of methoxy groups -OCH3 is 1. The zero-order chi connectivity index (χ0) is 15.8. The maximum atomic E-state index is 11.7. The summed E-state index contributed by atoms with van der Waals surface area (Å²) >= 11 is 0. The first-order valence-electron chi connectivity index (χ1n) is 6.90. The largest absolute Gasteiger partial charge is 0.496 e. The summed E-state index contributed by atoms with van der Waals surface area (Å²) in [6, 6.07) is 4.09. The van der Waals surface area contributed by atoms with Gasteiger partial charge >= 0.3 is 12.0 Å². The lowest BCUT2D eigenvalue weighted by Gasteiger charge is -2.11. The van der Waals surface area contributed by atoms with Crippen LogP contribution in [0.5, 0.6) is 5.75 Å². The molecule has 21 heavy (non-hydrogen) atoms. The minimum atomic E-state index is -1.07. The highest BCUT2D eigenvalue weighted by atomic mass is 16.5. The van der Waals surface area contributed by atoms with Crippen molar-refractivity contribution in [3.63, 3.8) is 0 Å². The number of hydrogen-bond donors (Lipinski definition) is 3. The Labute approximate surface area is 124 Å². The van der Waals surface area contributed by atoms with E-state index in [1.807, 2.05) is 0 Å². The summed E-state index contributed by atoms with van der Waals surface area (Å²) in [6.07, 6.45) is 1.98. The fourth-order valence-electron chi connectivity index (χ4n) is 1.83. The number of aromatic carboxylic acids is 1. The standard InChI is InChI=1S/C15H22N2O4/c1-10(2)5-4-8-16-15(20)17-11-6-7-12(14(18)19)13(9-11)21-3/h6-7,9-10H,4-5,8H2,1-3H3,(H,18,19)(H2,16,17,20). The fraction of sp³-hybridized carbons (Fsp3) is 0.467. The number of ether oxygens (including phenoxy) is 1. The van der Waals surface area contributed by atoms with Crippen molar-refractivity contribution in [2.75, 3.05) is 19.0 Å². The predicted octanol–water partition coefficient (Wildman–Crippen LogP) is 2.95. The van der Waals surface area contributed by atoms with E-state index in [1.54, 1.807) is 0 Å². The molecule has 1 aromatic carbocycles. The highest BCUT2D eigenvalue weighted by Crippen LogP contribution is 2.23. The average Bonchev–Trinajstić information content (AvgIpc) is 2.43. The molecule has 1 aromatic rings. The summed E-state index contributed by atoms with van der Waals surface area (Å²) in [5.41, 5.74) is 0.540. The first-order valence-corrected chi connectivity index (χ1v) is 6.90. The lowest BCUT2D eigenvalue weighted by atomic mass is 10.1. The van der Waals surface area contributed by atoms with Crippen LogP contribution >= 0.6 is 0 Å². The molecule has 6 nitrogen and oxygen atoms in total. The van der Waals surface area contributed by atoms with E-state index < -0.39 is 5.97 Å². The fourth-order valence-corrected chi connectivity index (χ4v) is 1.83. The lowest BCUT2D eigenvalue weighted by Crippen LogP contribution is -2.29. The summed E-state index contributed by atoms with van der Waals surface area (Å²) in [6.45, 7) is 4.88. The van der Waals surface area contributed by atoms with Crippen LogP contribution in [0.2, 0.25) is 0 Å². The van der Waals surface area contributed by atoms with Crippen molar-refractivity contribution in [2.24, 2.45) is 5.92 Å². The SMILES string of the molecule is COc1cc(NC(=O)NCCCC(C)C)ccc1C(=O)O. The van der Waals surface area contributed by atoms with Crippen LogP contribution in [0.3, 0.4) is 0 Å². The van der Waals surface area contributed by atoms with Crippen molar-refractivity contribution in [3.8, 4) is 5.75 Å². The maximum absolute atomic E-state index is 11.7. The molecule has 0 atom stereocenters. The Morgan fingerprint density at radius 3 is 2.62 bits per heavy atom. The van der Waals surface area contributed by atoms with E-state index in [0.717, 1.165) is 12.8 Å². The number of rotatable bonds is 7. The number of nitrogens with one attached hydrogen (secondary N) is 2. The molecule has 0 saturated carbocycles. The van der Waals surface area contributed by atoms with Gasteiger partial charge in [-0.15, -0.1) is 0 Å². The predicted molar refractivity (Wildman–Crippen MR) is 81.0 cm³/mol. The van der Waals surface area contributed by atoms with Crippen molar-refractivity contribution in [2.45, 2.75) is 26.7 Å². The molecule has 0 aliphatic rings. The van der Waals surface area contributed by atoms with Gasteiger partial charge in [-0.25, -0.2) is 9.59 Å². The molecule has 2 amide bonds. The van der Waals surface area contributed by atoms with Gasteiger partial charge in [-0.3, -0.25) is 0 Å². The highest BCUT2D eigenvalue weighted by Gasteiger charge is 2.12. The number of amides is 2. The third kappa shape index (κ3) is 5.72. The molecular weight excluding hydrogens is 272 g/mol. The molecule has 116 valence electrons. The van der Waals surface area contributed by atoms with Crippen molar-refractivity contribution >= 4 is 17.7 Å². The first kappa shape index (κ1) is 16.8. The van der Waals surface area contributed by atoms with Crippen LogP contribution in [0.4, 0.5) is 10.5 Å². The van der Waals surface area contributed by atoms with Crippen molar-refractivity contribution < 1.29 is 19.4 Å². The Morgan fingerprint density at radius 1 is 1.33 bits per heavy atom. The molecule has 1 rings (SSSR count). The molecule has 0 unspecified atom stereocenters. The number of benzene rings is 1. The van der Waals surface area contributed by atoms with Gasteiger partial charge in [0.1, 0.15) is 11.3 Å². The van der Waals surface area contributed by atoms with Crippen LogP contribution in [0, 0.1) is 5.92 Å². The topological polar surface area (TPSA) is 87.7 Å². The molecular formula is C15H22N2O4. The van der Waals surface area contributed by atoms with Crippen LogP contribution in [0.1, 0.15) is 37.0 Å². The van der Waals surface area contributed by atoms with Crippen LogP contribution in [-0.4, -0.2) is 30.8 Å². The summed E-state index contributed by atoms with van der Waals surface area (Å²) in [4.78, 5) is 22.7. The lowest BCUT2D eigenvalue weighted by molar-refractivity contribution is 0.0693. The molecule has 0 aliphatic heterocycles. The molecule has 0 saturated heterocycles. The van der Waals surface area contributed by atoms with Crippen molar-refractivity contribution in [1.82, 2.24) is 5.32 Å². The monoisotopic (exact) mass is 294 g/mol. The number of anilines is 1. The van der Waals surface area contributed by atoms with Crippen LogP contribution in [0.25, 0.3) is 0 Å². The summed E-state index contributed by atoms with van der Waals surface area (Å²) in [5.74, 6) is -0.251. The Morgan fingerprint density at radius 2 is 2.05 bits per heavy atom. The normalized spacial score (nSPS) is 10.3. The minimum Gasteiger partial charge on any atom is -0.496 e. The van der Waals surface area contributed by atoms with Gasteiger partial charge in [0, 0.05) is 18.3 Å². The number of urea groups is 1. The molecule has 0 fully saturated rings. The van der Waals surface area contributed by atoms with E-state index in [2.05, 4.69) is 24.5 Å². The van der Waals surface area contributed by atoms with Gasteiger partial charge in [0.25, 0.3) is 0 Å². The molecule has 6 heteroatoms. The summed E-state index contributed by atoms with van der Waals surface area (Å²) in [5, 5.41) is 14.4. The number of carboxylic acids is 1. The first-order chi connectivity index (χ1) is 9.93. The molecule has 0 bridgehead atoms. The minimum absolute atomic E-state index is 0.0559. The van der Waals surface area contributed by atoms with Gasteiger partial charge in [-0.05, 0) is 30.9 Å². The van der Waals surface area contributed by atoms with E-state index in [1.165, 1.54) is 25.3 Å². The molecule has 0 spiro atoms. The van der Waals surface area contributed by atoms with Crippen molar-refractivity contribution in [1.29, 1.82) is 0 Å². The second-order valence-electron chi connectivity index (χ2n) is 5.14. The Kier molecular flexibility index (Phi) is 6.52. The van der Waals surface area contributed by atoms with E-state index in [4.69, 9.17) is 9.84 Å². The maximum Gasteiger partial charge on any atom is 0.339 e. The van der Waals surface area contributed by atoms with E-state index >= 15 is 0 Å². The average molecular weight is 294 g/mol. The zero-order valence-electron chi connectivity index (χ0n) is 12.6. The van der Waals surface area contributed by atoms with Gasteiger partial charge in [-0.1, -0.05) is 13.8 Å². The third-order valence-corrected chi connectivity index (χ3v) is 2.93. The van der Waals surface area contributed by atoms with Gasteiger partial charge in [0.2, 0.25) is 0 Å². The van der Waals surface area contributed by atoms with Crippen LogP contribution in [0.15, 0.2) is 18.2 Å². The quantitative estimate of drug-likeness (QED) is 0.675. The molecule has 0 aromatic heterocycles. The zero-order valence-corrected chi connectivity index (χ0v) is 12.6. The Hall–Kier alpha value is -2.24. The van der Waals surface area contributed by atoms with Gasteiger partial charge in [-0.2, -0.15) is 0 Å². The van der Waals surface area contributed by atoms with Gasteiger partial charge in [0.05, 0.1) is 7.11 Å².